The zero-order valence-electron chi connectivity index (χ0n) is 9.29. The first-order valence-electron chi connectivity index (χ1n) is 5.51. The Morgan fingerprint density at radius 1 is 1.18 bits per heavy atom. The Hall–Kier alpha value is -1.21. The van der Waals surface area contributed by atoms with Gasteiger partial charge in [-0.3, -0.25) is 0 Å². The first-order valence-corrected chi connectivity index (χ1v) is 7.34. The van der Waals surface area contributed by atoms with Crippen molar-refractivity contribution in [2.24, 2.45) is 0 Å². The highest BCUT2D eigenvalue weighted by Gasteiger charge is 2.31. The van der Waals surface area contributed by atoms with Gasteiger partial charge in [-0.2, -0.15) is 0 Å². The number of sulfone groups is 1. The number of hydrogen-bond acceptors (Lipinski definition) is 6. The van der Waals surface area contributed by atoms with Gasteiger partial charge in [0.1, 0.15) is 12.1 Å². The number of rotatable bonds is 1. The molecule has 0 N–H and O–H groups in total. The van der Waals surface area contributed by atoms with Crippen LogP contribution in [0.1, 0.15) is 11.3 Å². The summed E-state index contributed by atoms with van der Waals surface area (Å²) in [5, 5.41) is 0. The van der Waals surface area contributed by atoms with E-state index in [9.17, 15) is 8.42 Å². The van der Waals surface area contributed by atoms with Crippen LogP contribution < -0.4 is 4.90 Å². The standard InChI is InChI=1S/C10H13N3O3S/c14-17(15)5-8-9(6-17)11-7-12-10(8)13-1-3-16-4-2-13/h7H,1-6H2. The van der Waals surface area contributed by atoms with Gasteiger partial charge < -0.3 is 9.64 Å². The third-order valence-corrected chi connectivity index (χ3v) is 4.49. The van der Waals surface area contributed by atoms with Crippen LogP contribution in [0.4, 0.5) is 5.82 Å². The molecule has 1 aromatic heterocycles. The van der Waals surface area contributed by atoms with Crippen molar-refractivity contribution in [2.75, 3.05) is 31.2 Å². The van der Waals surface area contributed by atoms with E-state index in [4.69, 9.17) is 4.74 Å². The van der Waals surface area contributed by atoms with Crippen LogP contribution in [0.5, 0.6) is 0 Å². The van der Waals surface area contributed by atoms with Crippen LogP contribution in [0.15, 0.2) is 6.33 Å². The molecule has 3 heterocycles. The van der Waals surface area contributed by atoms with Crippen molar-refractivity contribution >= 4 is 15.7 Å². The van der Waals surface area contributed by atoms with Gasteiger partial charge in [0.2, 0.25) is 0 Å². The fourth-order valence-electron chi connectivity index (χ4n) is 2.24. The summed E-state index contributed by atoms with van der Waals surface area (Å²) >= 11 is 0. The highest BCUT2D eigenvalue weighted by atomic mass is 32.2. The number of nitrogens with zero attached hydrogens (tertiary/aromatic N) is 3. The normalized spacial score (nSPS) is 22.5. The maximum atomic E-state index is 11.6. The van der Waals surface area contributed by atoms with Crippen LogP contribution >= 0.6 is 0 Å². The van der Waals surface area contributed by atoms with E-state index in [1.165, 1.54) is 6.33 Å². The molecule has 0 aromatic carbocycles. The van der Waals surface area contributed by atoms with E-state index in [1.807, 2.05) is 0 Å². The lowest BCUT2D eigenvalue weighted by Crippen LogP contribution is -2.37. The molecule has 1 aromatic rings. The first kappa shape index (κ1) is 10.9. The van der Waals surface area contributed by atoms with Crippen molar-refractivity contribution in [1.29, 1.82) is 0 Å². The quantitative estimate of drug-likeness (QED) is 0.688. The van der Waals surface area contributed by atoms with Crippen molar-refractivity contribution in [3.8, 4) is 0 Å². The molecule has 2 aliphatic rings. The van der Waals surface area contributed by atoms with Crippen LogP contribution in [-0.4, -0.2) is 44.7 Å². The zero-order valence-corrected chi connectivity index (χ0v) is 10.1. The second kappa shape index (κ2) is 3.92. The molecule has 7 heteroatoms. The summed E-state index contributed by atoms with van der Waals surface area (Å²) in [5.41, 5.74) is 1.43. The summed E-state index contributed by atoms with van der Waals surface area (Å²) < 4.78 is 28.5. The molecule has 1 saturated heterocycles. The third kappa shape index (κ3) is 2.00. The van der Waals surface area contributed by atoms with E-state index in [2.05, 4.69) is 14.9 Å². The molecule has 0 unspecified atom stereocenters. The highest BCUT2D eigenvalue weighted by molar-refractivity contribution is 7.90. The number of morpholine rings is 1. The van der Waals surface area contributed by atoms with Gasteiger partial charge in [0.25, 0.3) is 0 Å². The fourth-order valence-corrected chi connectivity index (χ4v) is 3.74. The Bertz CT molecular complexity index is 538. The summed E-state index contributed by atoms with van der Waals surface area (Å²) in [6.07, 6.45) is 1.45. The van der Waals surface area contributed by atoms with Gasteiger partial charge in [-0.1, -0.05) is 0 Å². The Morgan fingerprint density at radius 2 is 1.94 bits per heavy atom. The van der Waals surface area contributed by atoms with E-state index >= 15 is 0 Å². The molecule has 6 nitrogen and oxygen atoms in total. The molecule has 17 heavy (non-hydrogen) atoms. The van der Waals surface area contributed by atoms with Crippen LogP contribution in [0, 0.1) is 0 Å². The number of hydrogen-bond donors (Lipinski definition) is 0. The predicted molar refractivity (Wildman–Crippen MR) is 61.4 cm³/mol. The Labute approximate surface area is 99.5 Å². The summed E-state index contributed by atoms with van der Waals surface area (Å²) in [4.78, 5) is 10.4. The van der Waals surface area contributed by atoms with Crippen LogP contribution in [0.2, 0.25) is 0 Å². The van der Waals surface area contributed by atoms with E-state index in [0.717, 1.165) is 24.5 Å². The summed E-state index contributed by atoms with van der Waals surface area (Å²) in [6.45, 7) is 2.82. The van der Waals surface area contributed by atoms with Gasteiger partial charge in [-0.15, -0.1) is 0 Å². The zero-order chi connectivity index (χ0) is 11.9. The van der Waals surface area contributed by atoms with Gasteiger partial charge >= 0.3 is 0 Å². The maximum Gasteiger partial charge on any atom is 0.160 e. The molecular weight excluding hydrogens is 242 g/mol. The second-order valence-electron chi connectivity index (χ2n) is 4.25. The van der Waals surface area contributed by atoms with Crippen molar-refractivity contribution < 1.29 is 13.2 Å². The molecule has 0 amide bonds. The van der Waals surface area contributed by atoms with E-state index in [1.54, 1.807) is 0 Å². The molecule has 0 spiro atoms. The predicted octanol–water partition coefficient (Wildman–Crippen LogP) is -0.258. The molecule has 0 aliphatic carbocycles. The minimum atomic E-state index is -3.03. The third-order valence-electron chi connectivity index (χ3n) is 3.04. The average molecular weight is 255 g/mol. The molecule has 0 atom stereocenters. The number of ether oxygens (including phenoxy) is 1. The average Bonchev–Trinajstić information content (AvgIpc) is 2.63. The Morgan fingerprint density at radius 3 is 2.71 bits per heavy atom. The van der Waals surface area contributed by atoms with Gasteiger partial charge in [-0.05, 0) is 0 Å². The first-order chi connectivity index (χ1) is 8.16. The van der Waals surface area contributed by atoms with Crippen molar-refractivity contribution in [2.45, 2.75) is 11.5 Å². The Kier molecular flexibility index (Phi) is 2.52. The molecule has 92 valence electrons. The minimum absolute atomic E-state index is 0.0438. The molecule has 0 saturated carbocycles. The maximum absolute atomic E-state index is 11.6. The molecule has 3 rings (SSSR count). The van der Waals surface area contributed by atoms with E-state index in [0.29, 0.717) is 18.9 Å². The molecule has 2 aliphatic heterocycles. The van der Waals surface area contributed by atoms with Crippen molar-refractivity contribution in [3.63, 3.8) is 0 Å². The van der Waals surface area contributed by atoms with Gasteiger partial charge in [0.15, 0.2) is 9.84 Å². The molecule has 0 radical (unpaired) electrons. The van der Waals surface area contributed by atoms with Gasteiger partial charge in [-0.25, -0.2) is 18.4 Å². The second-order valence-corrected chi connectivity index (χ2v) is 6.32. The smallest absolute Gasteiger partial charge is 0.160 e. The Balaban J connectivity index is 1.99. The fraction of sp³-hybridized carbons (Fsp3) is 0.600. The summed E-state index contributed by atoms with van der Waals surface area (Å²) in [6, 6.07) is 0. The van der Waals surface area contributed by atoms with E-state index in [-0.39, 0.29) is 11.5 Å². The highest BCUT2D eigenvalue weighted by Crippen LogP contribution is 2.30. The lowest BCUT2D eigenvalue weighted by molar-refractivity contribution is 0.122. The van der Waals surface area contributed by atoms with Crippen LogP contribution in [0.25, 0.3) is 0 Å². The summed E-state index contributed by atoms with van der Waals surface area (Å²) in [5.74, 6) is 0.872. The molecule has 1 fully saturated rings. The SMILES string of the molecule is O=S1(=O)Cc2ncnc(N3CCOCC3)c2C1. The number of aromatic nitrogens is 2. The largest absolute Gasteiger partial charge is 0.378 e. The molecular formula is C10H13N3O3S. The monoisotopic (exact) mass is 255 g/mol. The summed E-state index contributed by atoms with van der Waals surface area (Å²) in [7, 11) is -3.03. The topological polar surface area (TPSA) is 72.4 Å². The lowest BCUT2D eigenvalue weighted by atomic mass is 10.2. The van der Waals surface area contributed by atoms with Crippen LogP contribution in [-0.2, 0) is 26.1 Å². The lowest BCUT2D eigenvalue weighted by Gasteiger charge is -2.28. The number of fused-ring (bicyclic) bond motifs is 1. The minimum Gasteiger partial charge on any atom is -0.378 e. The van der Waals surface area contributed by atoms with Crippen molar-refractivity contribution in [1.82, 2.24) is 9.97 Å². The van der Waals surface area contributed by atoms with E-state index < -0.39 is 9.84 Å². The van der Waals surface area contributed by atoms with Crippen LogP contribution in [0.3, 0.4) is 0 Å². The van der Waals surface area contributed by atoms with Crippen molar-refractivity contribution in [3.05, 3.63) is 17.6 Å². The molecule has 0 bridgehead atoms. The van der Waals surface area contributed by atoms with Gasteiger partial charge in [0, 0.05) is 18.7 Å². The number of anilines is 1. The van der Waals surface area contributed by atoms with Gasteiger partial charge in [0.05, 0.1) is 30.4 Å².